The standard InChI is InChI=1S/C11H21NO2/c1-3-11(4-2,9-13)12-8-6-5-7-10(12)14/h13H,3-9H2,1-2H3. The highest BCUT2D eigenvalue weighted by Crippen LogP contribution is 2.27. The Morgan fingerprint density at radius 2 is 2.00 bits per heavy atom. The number of amides is 1. The molecule has 82 valence electrons. The fraction of sp³-hybridized carbons (Fsp3) is 0.909. The third-order valence-corrected chi connectivity index (χ3v) is 3.51. The van der Waals surface area contributed by atoms with Gasteiger partial charge in [0.05, 0.1) is 12.1 Å². The minimum Gasteiger partial charge on any atom is -0.394 e. The molecular formula is C11H21NO2. The van der Waals surface area contributed by atoms with Gasteiger partial charge in [0.1, 0.15) is 0 Å². The van der Waals surface area contributed by atoms with Crippen LogP contribution in [0, 0.1) is 0 Å². The van der Waals surface area contributed by atoms with Crippen LogP contribution in [0.2, 0.25) is 0 Å². The van der Waals surface area contributed by atoms with E-state index in [1.807, 2.05) is 18.7 Å². The van der Waals surface area contributed by atoms with Crippen molar-refractivity contribution in [2.75, 3.05) is 13.2 Å². The van der Waals surface area contributed by atoms with E-state index in [2.05, 4.69) is 0 Å². The number of aliphatic hydroxyl groups is 1. The summed E-state index contributed by atoms with van der Waals surface area (Å²) in [7, 11) is 0. The first-order valence-electron chi connectivity index (χ1n) is 5.61. The highest BCUT2D eigenvalue weighted by atomic mass is 16.3. The largest absolute Gasteiger partial charge is 0.394 e. The van der Waals surface area contributed by atoms with Crippen LogP contribution in [0.3, 0.4) is 0 Å². The second kappa shape index (κ2) is 4.78. The molecule has 1 heterocycles. The fourth-order valence-electron chi connectivity index (χ4n) is 2.25. The number of aliphatic hydroxyl groups excluding tert-OH is 1. The van der Waals surface area contributed by atoms with E-state index in [9.17, 15) is 9.90 Å². The second-order valence-electron chi connectivity index (χ2n) is 4.09. The summed E-state index contributed by atoms with van der Waals surface area (Å²) in [5.41, 5.74) is -0.294. The second-order valence-corrected chi connectivity index (χ2v) is 4.09. The molecule has 0 aromatic carbocycles. The summed E-state index contributed by atoms with van der Waals surface area (Å²) in [5, 5.41) is 9.45. The van der Waals surface area contributed by atoms with E-state index in [1.54, 1.807) is 0 Å². The molecule has 0 aromatic rings. The number of rotatable bonds is 4. The molecule has 3 heteroatoms. The number of piperidine rings is 1. The van der Waals surface area contributed by atoms with Gasteiger partial charge in [-0.05, 0) is 25.7 Å². The molecule has 0 atom stereocenters. The average molecular weight is 199 g/mol. The average Bonchev–Trinajstić information content (AvgIpc) is 2.24. The molecule has 1 aliphatic heterocycles. The molecule has 0 aromatic heterocycles. The molecule has 1 N–H and O–H groups in total. The maximum atomic E-state index is 11.7. The topological polar surface area (TPSA) is 40.5 Å². The van der Waals surface area contributed by atoms with Crippen LogP contribution in [-0.2, 0) is 4.79 Å². The smallest absolute Gasteiger partial charge is 0.223 e. The minimum absolute atomic E-state index is 0.0890. The van der Waals surface area contributed by atoms with E-state index in [4.69, 9.17) is 0 Å². The molecule has 14 heavy (non-hydrogen) atoms. The summed E-state index contributed by atoms with van der Waals surface area (Å²) >= 11 is 0. The van der Waals surface area contributed by atoms with Gasteiger partial charge in [0.25, 0.3) is 0 Å². The Hall–Kier alpha value is -0.570. The van der Waals surface area contributed by atoms with E-state index in [-0.39, 0.29) is 18.1 Å². The molecule has 1 amide bonds. The Morgan fingerprint density at radius 1 is 1.36 bits per heavy atom. The monoisotopic (exact) mass is 199 g/mol. The van der Waals surface area contributed by atoms with E-state index in [0.717, 1.165) is 32.2 Å². The Bertz CT molecular complexity index is 191. The van der Waals surface area contributed by atoms with Crippen molar-refractivity contribution in [2.45, 2.75) is 51.5 Å². The van der Waals surface area contributed by atoms with E-state index >= 15 is 0 Å². The summed E-state index contributed by atoms with van der Waals surface area (Å²) in [6.07, 6.45) is 4.41. The maximum Gasteiger partial charge on any atom is 0.223 e. The number of carbonyl (C=O) groups is 1. The van der Waals surface area contributed by atoms with E-state index in [1.165, 1.54) is 0 Å². The number of likely N-dealkylation sites (tertiary alicyclic amines) is 1. The van der Waals surface area contributed by atoms with Crippen molar-refractivity contribution in [2.24, 2.45) is 0 Å². The van der Waals surface area contributed by atoms with Crippen LogP contribution in [0.15, 0.2) is 0 Å². The highest BCUT2D eigenvalue weighted by molar-refractivity contribution is 5.77. The van der Waals surface area contributed by atoms with Gasteiger partial charge in [-0.25, -0.2) is 0 Å². The fourth-order valence-corrected chi connectivity index (χ4v) is 2.25. The maximum absolute atomic E-state index is 11.7. The molecule has 0 radical (unpaired) electrons. The normalized spacial score (nSPS) is 18.8. The van der Waals surface area contributed by atoms with Gasteiger partial charge >= 0.3 is 0 Å². The highest BCUT2D eigenvalue weighted by Gasteiger charge is 2.36. The zero-order chi connectivity index (χ0) is 10.6. The summed E-state index contributed by atoms with van der Waals surface area (Å²) in [6.45, 7) is 5.00. The van der Waals surface area contributed by atoms with Gasteiger partial charge in [-0.2, -0.15) is 0 Å². The zero-order valence-electron chi connectivity index (χ0n) is 9.25. The predicted octanol–water partition coefficient (Wildman–Crippen LogP) is 1.55. The van der Waals surface area contributed by atoms with Crippen molar-refractivity contribution in [1.29, 1.82) is 0 Å². The lowest BCUT2D eigenvalue weighted by Gasteiger charge is -2.44. The van der Waals surface area contributed by atoms with Crippen LogP contribution in [0.25, 0.3) is 0 Å². The zero-order valence-corrected chi connectivity index (χ0v) is 9.25. The number of carbonyl (C=O) groups excluding carboxylic acids is 1. The molecule has 0 unspecified atom stereocenters. The van der Waals surface area contributed by atoms with Gasteiger partial charge < -0.3 is 10.0 Å². The lowest BCUT2D eigenvalue weighted by Crippen LogP contribution is -2.55. The van der Waals surface area contributed by atoms with Crippen LogP contribution in [0.5, 0.6) is 0 Å². The SMILES string of the molecule is CCC(CC)(CO)N1CCCCC1=O. The first-order chi connectivity index (χ1) is 6.70. The Balaban J connectivity index is 2.79. The van der Waals surface area contributed by atoms with Crippen LogP contribution >= 0.6 is 0 Å². The molecule has 3 nitrogen and oxygen atoms in total. The quantitative estimate of drug-likeness (QED) is 0.746. The van der Waals surface area contributed by atoms with E-state index < -0.39 is 0 Å². The van der Waals surface area contributed by atoms with Gasteiger partial charge in [0.2, 0.25) is 5.91 Å². The van der Waals surface area contributed by atoms with Crippen molar-refractivity contribution in [3.63, 3.8) is 0 Å². The van der Waals surface area contributed by atoms with Crippen LogP contribution in [0.4, 0.5) is 0 Å². The molecule has 0 aliphatic carbocycles. The molecule has 0 spiro atoms. The van der Waals surface area contributed by atoms with E-state index in [0.29, 0.717) is 6.42 Å². The first-order valence-corrected chi connectivity index (χ1v) is 5.61. The van der Waals surface area contributed by atoms with Gasteiger partial charge in [0.15, 0.2) is 0 Å². The van der Waals surface area contributed by atoms with Crippen molar-refractivity contribution < 1.29 is 9.90 Å². The summed E-state index contributed by atoms with van der Waals surface area (Å²) in [4.78, 5) is 13.6. The predicted molar refractivity (Wildman–Crippen MR) is 56.0 cm³/mol. The number of nitrogens with zero attached hydrogens (tertiary/aromatic N) is 1. The van der Waals surface area contributed by atoms with Gasteiger partial charge in [0, 0.05) is 13.0 Å². The molecular weight excluding hydrogens is 178 g/mol. The summed E-state index contributed by atoms with van der Waals surface area (Å²) < 4.78 is 0. The van der Waals surface area contributed by atoms with Gasteiger partial charge in [-0.3, -0.25) is 4.79 Å². The Morgan fingerprint density at radius 3 is 2.43 bits per heavy atom. The van der Waals surface area contributed by atoms with Crippen LogP contribution < -0.4 is 0 Å². The summed E-state index contributed by atoms with van der Waals surface area (Å²) in [6, 6.07) is 0. The molecule has 1 rings (SSSR count). The minimum atomic E-state index is -0.294. The molecule has 0 saturated carbocycles. The first kappa shape index (κ1) is 11.5. The van der Waals surface area contributed by atoms with Crippen LogP contribution in [-0.4, -0.2) is 34.6 Å². The third-order valence-electron chi connectivity index (χ3n) is 3.51. The van der Waals surface area contributed by atoms with Crippen LogP contribution in [0.1, 0.15) is 46.0 Å². The lowest BCUT2D eigenvalue weighted by atomic mass is 9.89. The number of hydrogen-bond donors (Lipinski definition) is 1. The van der Waals surface area contributed by atoms with Gasteiger partial charge in [-0.15, -0.1) is 0 Å². The summed E-state index contributed by atoms with van der Waals surface area (Å²) in [5.74, 6) is 0.217. The lowest BCUT2D eigenvalue weighted by molar-refractivity contribution is -0.143. The third kappa shape index (κ3) is 1.92. The molecule has 1 fully saturated rings. The van der Waals surface area contributed by atoms with Crippen molar-refractivity contribution in [3.8, 4) is 0 Å². The number of hydrogen-bond acceptors (Lipinski definition) is 2. The van der Waals surface area contributed by atoms with Crippen molar-refractivity contribution >= 4 is 5.91 Å². The molecule has 1 aliphatic rings. The Labute approximate surface area is 86.1 Å². The van der Waals surface area contributed by atoms with Crippen molar-refractivity contribution in [1.82, 2.24) is 4.90 Å². The molecule has 0 bridgehead atoms. The van der Waals surface area contributed by atoms with Gasteiger partial charge in [-0.1, -0.05) is 13.8 Å². The molecule has 1 saturated heterocycles. The van der Waals surface area contributed by atoms with Crippen molar-refractivity contribution in [3.05, 3.63) is 0 Å². The Kier molecular flexibility index (Phi) is 3.93.